The number of methoxy groups -OCH3 is 2. The normalized spacial score (nSPS) is 17.3. The number of nitrogens with zero attached hydrogens (tertiary/aromatic N) is 1. The minimum atomic E-state index is -1.56. The van der Waals surface area contributed by atoms with Gasteiger partial charge < -0.3 is 24.6 Å². The molecule has 204 valence electrons. The lowest BCUT2D eigenvalue weighted by Crippen LogP contribution is -2.51. The Kier molecular flexibility index (Phi) is 8.37. The summed E-state index contributed by atoms with van der Waals surface area (Å²) >= 11 is 5.95. The van der Waals surface area contributed by atoms with E-state index in [4.69, 9.17) is 25.8 Å². The van der Waals surface area contributed by atoms with Gasteiger partial charge in [0.2, 0.25) is 0 Å². The van der Waals surface area contributed by atoms with Crippen LogP contribution in [0.5, 0.6) is 11.5 Å². The zero-order valence-electron chi connectivity index (χ0n) is 21.3. The van der Waals surface area contributed by atoms with Gasteiger partial charge in [0.15, 0.2) is 5.60 Å². The third kappa shape index (κ3) is 5.67. The number of nitro groups is 1. The van der Waals surface area contributed by atoms with Crippen molar-refractivity contribution in [2.45, 2.75) is 30.9 Å². The van der Waals surface area contributed by atoms with Gasteiger partial charge in [-0.05, 0) is 42.2 Å². The van der Waals surface area contributed by atoms with E-state index in [-0.39, 0.29) is 35.7 Å². The number of carboxylic acid groups (broad SMARTS) is 1. The van der Waals surface area contributed by atoms with E-state index >= 15 is 0 Å². The van der Waals surface area contributed by atoms with Crippen LogP contribution in [0.2, 0.25) is 5.02 Å². The first kappa shape index (κ1) is 27.9. The summed E-state index contributed by atoms with van der Waals surface area (Å²) in [5.74, 6) is -0.655. The number of hydrogen-bond acceptors (Lipinski definition) is 7. The molecule has 1 amide bonds. The van der Waals surface area contributed by atoms with Crippen LogP contribution in [0.1, 0.15) is 24.0 Å². The molecule has 1 fully saturated rings. The topological polar surface area (TPSA) is 137 Å². The van der Waals surface area contributed by atoms with E-state index < -0.39 is 28.4 Å². The highest BCUT2D eigenvalue weighted by Gasteiger charge is 2.46. The average Bonchev–Trinajstić information content (AvgIpc) is 3.44. The largest absolute Gasteiger partial charge is 0.496 e. The maximum absolute atomic E-state index is 13.5. The molecule has 2 atom stereocenters. The number of carbonyl (C=O) groups excluding carboxylic acids is 1. The number of benzene rings is 3. The summed E-state index contributed by atoms with van der Waals surface area (Å²) in [6.45, 7) is 0.245. The van der Waals surface area contributed by atoms with Gasteiger partial charge in [0.05, 0.1) is 24.7 Å². The summed E-state index contributed by atoms with van der Waals surface area (Å²) in [7, 11) is 3.13. The van der Waals surface area contributed by atoms with E-state index in [2.05, 4.69) is 5.32 Å². The molecular weight excluding hydrogens is 528 g/mol. The summed E-state index contributed by atoms with van der Waals surface area (Å²) < 4.78 is 16.8. The summed E-state index contributed by atoms with van der Waals surface area (Å²) in [4.78, 5) is 36.4. The Hall–Kier alpha value is -4.15. The zero-order chi connectivity index (χ0) is 28.2. The van der Waals surface area contributed by atoms with Crippen LogP contribution in [0.3, 0.4) is 0 Å². The fraction of sp³-hybridized carbons (Fsp3) is 0.286. The van der Waals surface area contributed by atoms with Crippen molar-refractivity contribution in [3.63, 3.8) is 0 Å². The monoisotopic (exact) mass is 554 g/mol. The molecule has 3 aromatic rings. The highest BCUT2D eigenvalue weighted by molar-refractivity contribution is 6.32. The summed E-state index contributed by atoms with van der Waals surface area (Å²) in [5.41, 5.74) is 0.559. The number of carboxylic acids is 1. The fourth-order valence-corrected chi connectivity index (χ4v) is 4.92. The Labute approximate surface area is 229 Å². The maximum Gasteiger partial charge on any atom is 0.326 e. The smallest absolute Gasteiger partial charge is 0.326 e. The van der Waals surface area contributed by atoms with Crippen molar-refractivity contribution in [3.05, 3.63) is 86.9 Å². The SMILES string of the molecule is COc1cccc(OC)c1-c1ccc(CC(NC(=O)[C@@]2(c3ccc(Cl)c([N+](=O)[O-])c3)CCCO2)C(=O)O)cc1. The Morgan fingerprint density at radius 1 is 1.13 bits per heavy atom. The lowest BCUT2D eigenvalue weighted by atomic mass is 9.89. The first-order valence-electron chi connectivity index (χ1n) is 12.1. The number of rotatable bonds is 10. The van der Waals surface area contributed by atoms with E-state index in [1.807, 2.05) is 30.3 Å². The van der Waals surface area contributed by atoms with E-state index in [0.29, 0.717) is 23.5 Å². The van der Waals surface area contributed by atoms with Crippen LogP contribution in [-0.4, -0.2) is 48.8 Å². The molecule has 0 bridgehead atoms. The van der Waals surface area contributed by atoms with Crippen LogP contribution in [0.4, 0.5) is 5.69 Å². The van der Waals surface area contributed by atoms with E-state index in [1.165, 1.54) is 18.2 Å². The van der Waals surface area contributed by atoms with Crippen molar-refractivity contribution in [2.75, 3.05) is 20.8 Å². The molecule has 39 heavy (non-hydrogen) atoms. The van der Waals surface area contributed by atoms with Gasteiger partial charge in [0, 0.05) is 24.7 Å². The standard InChI is InChI=1S/C28H27ClN2O8/c1-37-23-5-3-6-24(38-2)25(23)18-9-7-17(8-10-18)15-21(26(32)33)30-27(34)28(13-4-14-39-28)19-11-12-20(29)22(16-19)31(35)36/h3,5-12,16,21H,4,13-15H2,1-2H3,(H,30,34)(H,32,33)/t21?,28-/m0/s1. The third-order valence-corrected chi connectivity index (χ3v) is 7.03. The second-order valence-electron chi connectivity index (χ2n) is 9.01. The lowest BCUT2D eigenvalue weighted by molar-refractivity contribution is -0.384. The second kappa shape index (κ2) is 11.7. The average molecular weight is 555 g/mol. The summed E-state index contributed by atoms with van der Waals surface area (Å²) in [6.07, 6.45) is 0.760. The van der Waals surface area contributed by atoms with Crippen molar-refractivity contribution < 1.29 is 33.8 Å². The number of ether oxygens (including phenoxy) is 3. The Morgan fingerprint density at radius 3 is 2.33 bits per heavy atom. The quantitative estimate of drug-likeness (QED) is 0.270. The molecule has 0 saturated carbocycles. The predicted molar refractivity (Wildman–Crippen MR) is 143 cm³/mol. The number of halogens is 1. The van der Waals surface area contributed by atoms with Crippen molar-refractivity contribution in [3.8, 4) is 22.6 Å². The molecular formula is C28H27ClN2O8. The first-order chi connectivity index (χ1) is 18.7. The van der Waals surface area contributed by atoms with Gasteiger partial charge in [-0.3, -0.25) is 14.9 Å². The third-order valence-electron chi connectivity index (χ3n) is 6.71. The van der Waals surface area contributed by atoms with Crippen LogP contribution in [0, 0.1) is 10.1 Å². The molecule has 1 aliphatic rings. The minimum Gasteiger partial charge on any atom is -0.496 e. The Morgan fingerprint density at radius 2 is 1.79 bits per heavy atom. The van der Waals surface area contributed by atoms with Crippen molar-refractivity contribution in [2.24, 2.45) is 0 Å². The zero-order valence-corrected chi connectivity index (χ0v) is 22.1. The Balaban J connectivity index is 1.57. The molecule has 3 aromatic carbocycles. The Bertz CT molecular complexity index is 1360. The first-order valence-corrected chi connectivity index (χ1v) is 12.5. The van der Waals surface area contributed by atoms with Crippen molar-refractivity contribution >= 4 is 29.2 Å². The van der Waals surface area contributed by atoms with Crippen molar-refractivity contribution in [1.29, 1.82) is 0 Å². The van der Waals surface area contributed by atoms with Gasteiger partial charge in [-0.2, -0.15) is 0 Å². The van der Waals surface area contributed by atoms with Gasteiger partial charge >= 0.3 is 5.97 Å². The molecule has 10 nitrogen and oxygen atoms in total. The number of carbonyl (C=O) groups is 2. The van der Waals surface area contributed by atoms with E-state index in [0.717, 1.165) is 11.1 Å². The van der Waals surface area contributed by atoms with Crippen LogP contribution in [-0.2, 0) is 26.3 Å². The van der Waals surface area contributed by atoms with E-state index in [9.17, 15) is 24.8 Å². The van der Waals surface area contributed by atoms with Crippen molar-refractivity contribution in [1.82, 2.24) is 5.32 Å². The number of hydrogen-bond donors (Lipinski definition) is 2. The van der Waals surface area contributed by atoms with Gasteiger partial charge in [-0.25, -0.2) is 4.79 Å². The van der Waals surface area contributed by atoms with Gasteiger partial charge in [0.1, 0.15) is 22.6 Å². The molecule has 0 aliphatic carbocycles. The van der Waals surface area contributed by atoms with E-state index in [1.54, 1.807) is 26.4 Å². The number of nitrogens with one attached hydrogen (secondary N) is 1. The molecule has 1 unspecified atom stereocenters. The van der Waals surface area contributed by atoms with Gasteiger partial charge in [-0.15, -0.1) is 0 Å². The van der Waals surface area contributed by atoms with Crippen LogP contribution in [0.15, 0.2) is 60.7 Å². The molecule has 1 saturated heterocycles. The molecule has 1 heterocycles. The predicted octanol–water partition coefficient (Wildman–Crippen LogP) is 4.75. The number of amides is 1. The van der Waals surface area contributed by atoms with Gasteiger partial charge in [0.25, 0.3) is 11.6 Å². The summed E-state index contributed by atoms with van der Waals surface area (Å²) in [5, 5.41) is 23.8. The molecule has 4 rings (SSSR count). The fourth-order valence-electron chi connectivity index (χ4n) is 4.74. The maximum atomic E-state index is 13.5. The van der Waals surface area contributed by atoms with Gasteiger partial charge in [-0.1, -0.05) is 48.0 Å². The molecule has 0 radical (unpaired) electrons. The molecule has 0 aromatic heterocycles. The molecule has 2 N–H and O–H groups in total. The molecule has 0 spiro atoms. The number of aliphatic carboxylic acids is 1. The summed E-state index contributed by atoms with van der Waals surface area (Å²) in [6, 6.07) is 15.4. The lowest BCUT2D eigenvalue weighted by Gasteiger charge is -2.29. The van der Waals surface area contributed by atoms with Crippen LogP contribution in [0.25, 0.3) is 11.1 Å². The highest BCUT2D eigenvalue weighted by atomic mass is 35.5. The highest BCUT2D eigenvalue weighted by Crippen LogP contribution is 2.40. The van der Waals surface area contributed by atoms with Crippen LogP contribution >= 0.6 is 11.6 Å². The van der Waals surface area contributed by atoms with Crippen LogP contribution < -0.4 is 14.8 Å². The molecule has 11 heteroatoms. The molecule has 1 aliphatic heterocycles. The number of nitro benzene ring substituents is 1. The minimum absolute atomic E-state index is 0.00125. The second-order valence-corrected chi connectivity index (χ2v) is 9.41.